The molecule has 0 radical (unpaired) electrons. The number of aliphatic hydroxyl groups excluding tert-OH is 1. The first kappa shape index (κ1) is 21.8. The Kier molecular flexibility index (Phi) is 8.09. The summed E-state index contributed by atoms with van der Waals surface area (Å²) in [6.45, 7) is 2.50. The summed E-state index contributed by atoms with van der Waals surface area (Å²) >= 11 is 2.28. The number of para-hydroxylation sites is 1. The zero-order chi connectivity index (χ0) is 20.6. The second-order valence-electron chi connectivity index (χ2n) is 6.90. The molecule has 6 heteroatoms. The molecule has 0 unspecified atom stereocenters. The fraction of sp³-hybridized carbons (Fsp3) is 0.348. The number of carbonyl (C=O) groups is 1. The van der Waals surface area contributed by atoms with Crippen LogP contribution in [0.3, 0.4) is 0 Å². The van der Waals surface area contributed by atoms with Gasteiger partial charge in [-0.2, -0.15) is 0 Å². The van der Waals surface area contributed by atoms with E-state index in [1.807, 2.05) is 43.3 Å². The largest absolute Gasteiger partial charge is 0.459 e. The SMILES string of the molecule is CCO[C@@H]1OC(C(=O)Nc2ccccc2)=C[C@H](c2ccc(I)cc2)[C@@H]1CCCO. The predicted octanol–water partition coefficient (Wildman–Crippen LogP) is 4.68. The molecule has 3 atom stereocenters. The Morgan fingerprint density at radius 1 is 1.17 bits per heavy atom. The van der Waals surface area contributed by atoms with Gasteiger partial charge in [-0.15, -0.1) is 0 Å². The average molecular weight is 507 g/mol. The molecule has 1 aliphatic rings. The smallest absolute Gasteiger partial charge is 0.290 e. The monoisotopic (exact) mass is 507 g/mol. The van der Waals surface area contributed by atoms with Crippen LogP contribution < -0.4 is 5.32 Å². The quantitative estimate of drug-likeness (QED) is 0.510. The number of nitrogens with one attached hydrogen (secondary N) is 1. The number of anilines is 1. The van der Waals surface area contributed by atoms with Crippen molar-refractivity contribution in [3.8, 4) is 0 Å². The number of amides is 1. The van der Waals surface area contributed by atoms with Gasteiger partial charge in [0.15, 0.2) is 5.76 Å². The molecule has 1 amide bonds. The highest BCUT2D eigenvalue weighted by atomic mass is 127. The molecule has 0 saturated carbocycles. The first-order valence-electron chi connectivity index (χ1n) is 9.85. The molecule has 1 aliphatic heterocycles. The van der Waals surface area contributed by atoms with Gasteiger partial charge in [0.25, 0.3) is 5.91 Å². The highest BCUT2D eigenvalue weighted by molar-refractivity contribution is 14.1. The van der Waals surface area contributed by atoms with Gasteiger partial charge in [0.1, 0.15) is 0 Å². The van der Waals surface area contributed by atoms with Gasteiger partial charge in [0.2, 0.25) is 6.29 Å². The molecule has 3 rings (SSSR count). The number of hydrogen-bond donors (Lipinski definition) is 2. The molecular formula is C23H26INO4. The predicted molar refractivity (Wildman–Crippen MR) is 121 cm³/mol. The number of hydrogen-bond acceptors (Lipinski definition) is 4. The normalized spacial score (nSPS) is 21.2. The van der Waals surface area contributed by atoms with Crippen LogP contribution in [-0.2, 0) is 14.3 Å². The third-order valence-electron chi connectivity index (χ3n) is 4.92. The van der Waals surface area contributed by atoms with Crippen molar-refractivity contribution >= 4 is 34.2 Å². The fourth-order valence-corrected chi connectivity index (χ4v) is 3.90. The van der Waals surface area contributed by atoms with Gasteiger partial charge in [0.05, 0.1) is 0 Å². The minimum atomic E-state index is -0.544. The molecule has 0 aliphatic carbocycles. The summed E-state index contributed by atoms with van der Waals surface area (Å²) < 4.78 is 13.0. The summed E-state index contributed by atoms with van der Waals surface area (Å²) in [6, 6.07) is 17.6. The molecule has 2 N–H and O–H groups in total. The van der Waals surface area contributed by atoms with Gasteiger partial charge >= 0.3 is 0 Å². The minimum Gasteiger partial charge on any atom is -0.459 e. The van der Waals surface area contributed by atoms with Crippen LogP contribution in [0.2, 0.25) is 0 Å². The van der Waals surface area contributed by atoms with E-state index in [-0.39, 0.29) is 30.1 Å². The van der Waals surface area contributed by atoms with Crippen LogP contribution in [0.25, 0.3) is 0 Å². The second-order valence-corrected chi connectivity index (χ2v) is 8.15. The third-order valence-corrected chi connectivity index (χ3v) is 5.64. The average Bonchev–Trinajstić information content (AvgIpc) is 2.74. The number of aliphatic hydroxyl groups is 1. The van der Waals surface area contributed by atoms with Crippen molar-refractivity contribution < 1.29 is 19.4 Å². The number of halogens is 1. The summed E-state index contributed by atoms with van der Waals surface area (Å²) in [6.07, 6.45) is 2.73. The van der Waals surface area contributed by atoms with Gasteiger partial charge in [-0.25, -0.2) is 0 Å². The summed E-state index contributed by atoms with van der Waals surface area (Å²) in [5.41, 5.74) is 1.81. The Balaban J connectivity index is 1.92. The third kappa shape index (κ3) is 5.81. The Hall–Kier alpha value is -1.90. The van der Waals surface area contributed by atoms with Crippen LogP contribution in [0.4, 0.5) is 5.69 Å². The van der Waals surface area contributed by atoms with Crippen molar-refractivity contribution in [1.29, 1.82) is 0 Å². The fourth-order valence-electron chi connectivity index (χ4n) is 3.54. The van der Waals surface area contributed by atoms with Crippen molar-refractivity contribution in [2.75, 3.05) is 18.5 Å². The number of ether oxygens (including phenoxy) is 2. The van der Waals surface area contributed by atoms with Gasteiger partial charge in [-0.1, -0.05) is 30.3 Å². The molecule has 0 fully saturated rings. The highest BCUT2D eigenvalue weighted by Gasteiger charge is 2.37. The van der Waals surface area contributed by atoms with Crippen molar-refractivity contribution in [1.82, 2.24) is 0 Å². The van der Waals surface area contributed by atoms with Gasteiger partial charge in [-0.3, -0.25) is 4.79 Å². The molecule has 0 spiro atoms. The summed E-state index contributed by atoms with van der Waals surface area (Å²) in [5.74, 6) is -0.0658. The van der Waals surface area contributed by atoms with E-state index in [0.717, 1.165) is 15.6 Å². The molecule has 2 aromatic carbocycles. The summed E-state index contributed by atoms with van der Waals surface area (Å²) in [7, 11) is 0. The number of rotatable bonds is 8. The molecule has 5 nitrogen and oxygen atoms in total. The van der Waals surface area contributed by atoms with E-state index in [2.05, 4.69) is 52.2 Å². The van der Waals surface area contributed by atoms with E-state index in [1.54, 1.807) is 0 Å². The maximum Gasteiger partial charge on any atom is 0.290 e. The lowest BCUT2D eigenvalue weighted by atomic mass is 9.80. The minimum absolute atomic E-state index is 0.00966. The topological polar surface area (TPSA) is 67.8 Å². The lowest BCUT2D eigenvalue weighted by Gasteiger charge is -2.37. The van der Waals surface area contributed by atoms with Crippen LogP contribution >= 0.6 is 22.6 Å². The second kappa shape index (κ2) is 10.8. The molecule has 0 bridgehead atoms. The first-order chi connectivity index (χ1) is 14.1. The molecular weight excluding hydrogens is 481 g/mol. The van der Waals surface area contributed by atoms with E-state index in [1.165, 1.54) is 0 Å². The molecule has 2 aromatic rings. The zero-order valence-corrected chi connectivity index (χ0v) is 18.5. The van der Waals surface area contributed by atoms with E-state index < -0.39 is 6.29 Å². The summed E-state index contributed by atoms with van der Waals surface area (Å²) in [5, 5.41) is 12.2. The van der Waals surface area contributed by atoms with Gasteiger partial charge in [-0.05, 0) is 78.3 Å². The Bertz CT molecular complexity index is 823. The molecule has 0 aromatic heterocycles. The van der Waals surface area contributed by atoms with Crippen molar-refractivity contribution in [2.45, 2.75) is 32.0 Å². The van der Waals surface area contributed by atoms with Crippen molar-refractivity contribution in [3.63, 3.8) is 0 Å². The number of benzene rings is 2. The van der Waals surface area contributed by atoms with Crippen LogP contribution in [0.5, 0.6) is 0 Å². The summed E-state index contributed by atoms with van der Waals surface area (Å²) in [4.78, 5) is 12.9. The van der Waals surface area contributed by atoms with E-state index >= 15 is 0 Å². The molecule has 0 saturated heterocycles. The van der Waals surface area contributed by atoms with Crippen molar-refractivity contribution in [3.05, 3.63) is 75.6 Å². The lowest BCUT2D eigenvalue weighted by Crippen LogP contribution is -2.37. The molecule has 29 heavy (non-hydrogen) atoms. The lowest BCUT2D eigenvalue weighted by molar-refractivity contribution is -0.165. The zero-order valence-electron chi connectivity index (χ0n) is 16.4. The maximum atomic E-state index is 12.9. The number of allylic oxidation sites excluding steroid dienone is 1. The van der Waals surface area contributed by atoms with Gasteiger partial charge < -0.3 is 19.9 Å². The van der Waals surface area contributed by atoms with Crippen LogP contribution in [0, 0.1) is 9.49 Å². The van der Waals surface area contributed by atoms with Crippen LogP contribution in [-0.4, -0.2) is 30.5 Å². The Morgan fingerprint density at radius 3 is 2.55 bits per heavy atom. The van der Waals surface area contributed by atoms with E-state index in [4.69, 9.17) is 9.47 Å². The van der Waals surface area contributed by atoms with E-state index in [9.17, 15) is 9.90 Å². The van der Waals surface area contributed by atoms with E-state index in [0.29, 0.717) is 18.7 Å². The standard InChI is InChI=1S/C23H26INO4/c1-2-28-23-19(9-6-14-26)20(16-10-12-17(24)13-11-16)15-21(29-23)22(27)25-18-7-4-3-5-8-18/h3-5,7-8,10-13,15,19-20,23,26H,2,6,9,14H2,1H3,(H,25,27)/t19-,20+,23+/m0/s1. The van der Waals surface area contributed by atoms with Crippen LogP contribution in [0.15, 0.2) is 66.4 Å². The molecule has 1 heterocycles. The first-order valence-corrected chi connectivity index (χ1v) is 10.9. The van der Waals surface area contributed by atoms with Gasteiger partial charge in [0, 0.05) is 34.3 Å². The highest BCUT2D eigenvalue weighted by Crippen LogP contribution is 2.39. The maximum absolute atomic E-state index is 12.9. The van der Waals surface area contributed by atoms with Crippen LogP contribution in [0.1, 0.15) is 31.2 Å². The molecule has 154 valence electrons. The van der Waals surface area contributed by atoms with Crippen molar-refractivity contribution in [2.24, 2.45) is 5.92 Å². The Morgan fingerprint density at radius 2 is 1.90 bits per heavy atom. The number of carbonyl (C=O) groups excluding carboxylic acids is 1. The Labute approximate surface area is 185 Å².